The molecule has 0 spiro atoms. The summed E-state index contributed by atoms with van der Waals surface area (Å²) in [6.07, 6.45) is -4.55. The van der Waals surface area contributed by atoms with E-state index in [0.29, 0.717) is 22.8 Å². The van der Waals surface area contributed by atoms with Gasteiger partial charge in [-0.05, 0) is 31.0 Å². The summed E-state index contributed by atoms with van der Waals surface area (Å²) < 4.78 is 47.4. The molecule has 1 aliphatic heterocycles. The van der Waals surface area contributed by atoms with Crippen molar-refractivity contribution in [3.8, 4) is 11.5 Å². The summed E-state index contributed by atoms with van der Waals surface area (Å²) in [4.78, 5) is 11.8. The van der Waals surface area contributed by atoms with Crippen LogP contribution in [0.2, 0.25) is 0 Å². The van der Waals surface area contributed by atoms with Crippen molar-refractivity contribution in [3.05, 3.63) is 23.8 Å². The topological polar surface area (TPSA) is 38.8 Å². The van der Waals surface area contributed by atoms with E-state index in [4.69, 9.17) is 9.47 Å². The predicted octanol–water partition coefficient (Wildman–Crippen LogP) is 2.37. The number of halogens is 3. The Labute approximate surface area is 114 Å². The van der Waals surface area contributed by atoms with E-state index in [1.54, 1.807) is 25.1 Å². The Morgan fingerprint density at radius 2 is 2.00 bits per heavy atom. The summed E-state index contributed by atoms with van der Waals surface area (Å²) >= 11 is 0. The molecule has 1 aliphatic rings. The summed E-state index contributed by atoms with van der Waals surface area (Å²) in [6.45, 7) is 1.70. The molecule has 0 aliphatic carbocycles. The maximum absolute atomic E-state index is 12.4. The van der Waals surface area contributed by atoms with Crippen LogP contribution in [0.4, 0.5) is 13.2 Å². The summed E-state index contributed by atoms with van der Waals surface area (Å²) in [7, 11) is 1.15. The molecular formula is C13H14F3NO3. The number of rotatable bonds is 3. The van der Waals surface area contributed by atoms with Crippen LogP contribution in [0.1, 0.15) is 12.5 Å². The van der Waals surface area contributed by atoms with Crippen LogP contribution < -0.4 is 9.47 Å². The number of benzene rings is 1. The number of alkyl halides is 3. The van der Waals surface area contributed by atoms with Gasteiger partial charge in [0.2, 0.25) is 6.79 Å². The number of nitrogens with zero attached hydrogens (tertiary/aromatic N) is 1. The number of amides is 1. The van der Waals surface area contributed by atoms with Gasteiger partial charge in [-0.1, -0.05) is 6.07 Å². The van der Waals surface area contributed by atoms with Gasteiger partial charge in [-0.3, -0.25) is 4.79 Å². The van der Waals surface area contributed by atoms with Gasteiger partial charge in [0.1, 0.15) is 0 Å². The molecular weight excluding hydrogens is 275 g/mol. The smallest absolute Gasteiger partial charge is 0.454 e. The lowest BCUT2D eigenvalue weighted by Gasteiger charge is -2.25. The molecule has 1 unspecified atom stereocenters. The number of carbonyl (C=O) groups is 1. The van der Waals surface area contributed by atoms with Crippen LogP contribution in [-0.2, 0) is 11.2 Å². The maximum atomic E-state index is 12.4. The molecule has 7 heteroatoms. The van der Waals surface area contributed by atoms with Crippen molar-refractivity contribution in [2.45, 2.75) is 25.6 Å². The van der Waals surface area contributed by atoms with Gasteiger partial charge in [0, 0.05) is 13.1 Å². The van der Waals surface area contributed by atoms with E-state index in [9.17, 15) is 18.0 Å². The lowest BCUT2D eigenvalue weighted by molar-refractivity contribution is -0.185. The third-order valence-corrected chi connectivity index (χ3v) is 3.19. The highest BCUT2D eigenvalue weighted by molar-refractivity contribution is 5.81. The van der Waals surface area contributed by atoms with Crippen LogP contribution in [0.25, 0.3) is 0 Å². The fraction of sp³-hybridized carbons (Fsp3) is 0.462. The number of ether oxygens (including phenoxy) is 2. The summed E-state index contributed by atoms with van der Waals surface area (Å²) in [6, 6.07) is 4.58. The molecule has 2 rings (SSSR count). The molecule has 0 saturated carbocycles. The number of likely N-dealkylation sites (N-methyl/N-ethyl adjacent to an activating group) is 1. The zero-order valence-corrected chi connectivity index (χ0v) is 11.0. The highest BCUT2D eigenvalue weighted by Gasteiger charge is 2.42. The minimum absolute atomic E-state index is 0.140. The Kier molecular flexibility index (Phi) is 3.78. The first-order chi connectivity index (χ1) is 9.29. The molecule has 1 aromatic rings. The third-order valence-electron chi connectivity index (χ3n) is 3.19. The van der Waals surface area contributed by atoms with Gasteiger partial charge in [-0.25, -0.2) is 0 Å². The molecule has 0 radical (unpaired) electrons. The van der Waals surface area contributed by atoms with Crippen LogP contribution in [0.3, 0.4) is 0 Å². The van der Waals surface area contributed by atoms with Gasteiger partial charge in [0.25, 0.3) is 0 Å². The molecule has 0 N–H and O–H groups in total. The van der Waals surface area contributed by atoms with Crippen LogP contribution in [-0.4, -0.2) is 36.9 Å². The van der Waals surface area contributed by atoms with E-state index in [1.165, 1.54) is 0 Å². The summed E-state index contributed by atoms with van der Waals surface area (Å²) in [5.41, 5.74) is 0.781. The molecule has 1 amide bonds. The van der Waals surface area contributed by atoms with Crippen molar-refractivity contribution in [1.29, 1.82) is 0 Å². The molecule has 110 valence electrons. The van der Waals surface area contributed by atoms with Gasteiger partial charge >= 0.3 is 12.1 Å². The lowest BCUT2D eigenvalue weighted by atomic mass is 10.1. The van der Waals surface area contributed by atoms with Crippen LogP contribution in [0.5, 0.6) is 11.5 Å². The minimum atomic E-state index is -4.85. The van der Waals surface area contributed by atoms with Crippen molar-refractivity contribution in [2.75, 3.05) is 13.8 Å². The molecule has 0 aromatic heterocycles. The first kappa shape index (κ1) is 14.5. The van der Waals surface area contributed by atoms with Crippen molar-refractivity contribution < 1.29 is 27.4 Å². The van der Waals surface area contributed by atoms with Gasteiger partial charge < -0.3 is 14.4 Å². The van der Waals surface area contributed by atoms with E-state index in [-0.39, 0.29) is 6.79 Å². The Balaban J connectivity index is 2.04. The summed E-state index contributed by atoms with van der Waals surface area (Å²) in [5, 5.41) is 0. The normalized spacial score (nSPS) is 15.1. The molecule has 4 nitrogen and oxygen atoms in total. The van der Waals surface area contributed by atoms with Crippen LogP contribution in [0.15, 0.2) is 18.2 Å². The monoisotopic (exact) mass is 289 g/mol. The number of fused-ring (bicyclic) bond motifs is 1. The van der Waals surface area contributed by atoms with Crippen LogP contribution in [0, 0.1) is 0 Å². The van der Waals surface area contributed by atoms with Crippen molar-refractivity contribution in [2.24, 2.45) is 0 Å². The zero-order chi connectivity index (χ0) is 14.9. The Bertz CT molecular complexity index is 516. The Hall–Kier alpha value is -1.92. The predicted molar refractivity (Wildman–Crippen MR) is 64.6 cm³/mol. The average Bonchev–Trinajstić information content (AvgIpc) is 2.83. The quantitative estimate of drug-likeness (QED) is 0.857. The van der Waals surface area contributed by atoms with E-state index in [2.05, 4.69) is 0 Å². The Morgan fingerprint density at radius 3 is 2.65 bits per heavy atom. The van der Waals surface area contributed by atoms with Crippen molar-refractivity contribution in [1.82, 2.24) is 4.90 Å². The SMILES string of the molecule is CC(Cc1ccc2c(c1)OCO2)N(C)C(=O)C(F)(F)F. The molecule has 0 saturated heterocycles. The zero-order valence-electron chi connectivity index (χ0n) is 11.0. The molecule has 1 heterocycles. The fourth-order valence-corrected chi connectivity index (χ4v) is 1.95. The number of hydrogen-bond acceptors (Lipinski definition) is 3. The third kappa shape index (κ3) is 2.97. The molecule has 0 fully saturated rings. The van der Waals surface area contributed by atoms with Gasteiger partial charge in [-0.15, -0.1) is 0 Å². The van der Waals surface area contributed by atoms with E-state index >= 15 is 0 Å². The molecule has 0 bridgehead atoms. The highest BCUT2D eigenvalue weighted by atomic mass is 19.4. The second kappa shape index (κ2) is 5.22. The van der Waals surface area contributed by atoms with Gasteiger partial charge in [-0.2, -0.15) is 13.2 Å². The fourth-order valence-electron chi connectivity index (χ4n) is 1.95. The van der Waals surface area contributed by atoms with Crippen molar-refractivity contribution >= 4 is 5.91 Å². The maximum Gasteiger partial charge on any atom is 0.471 e. The second-order valence-electron chi connectivity index (χ2n) is 4.65. The van der Waals surface area contributed by atoms with Gasteiger partial charge in [0.05, 0.1) is 0 Å². The second-order valence-corrected chi connectivity index (χ2v) is 4.65. The van der Waals surface area contributed by atoms with E-state index in [1.807, 2.05) is 0 Å². The Morgan fingerprint density at radius 1 is 1.35 bits per heavy atom. The lowest BCUT2D eigenvalue weighted by Crippen LogP contribution is -2.44. The molecule has 1 atom stereocenters. The van der Waals surface area contributed by atoms with Gasteiger partial charge in [0.15, 0.2) is 11.5 Å². The average molecular weight is 289 g/mol. The number of hydrogen-bond donors (Lipinski definition) is 0. The molecule has 20 heavy (non-hydrogen) atoms. The van der Waals surface area contributed by atoms with Crippen LogP contribution >= 0.6 is 0 Å². The summed E-state index contributed by atoms with van der Waals surface area (Å²) in [5.74, 6) is -0.661. The standard InChI is InChI=1S/C13H14F3NO3/c1-8(17(2)12(18)13(14,15)16)5-9-3-4-10-11(6-9)20-7-19-10/h3-4,6,8H,5,7H2,1-2H3. The molecule has 1 aromatic carbocycles. The highest BCUT2D eigenvalue weighted by Crippen LogP contribution is 2.33. The van der Waals surface area contributed by atoms with E-state index < -0.39 is 18.1 Å². The van der Waals surface area contributed by atoms with E-state index in [0.717, 1.165) is 12.6 Å². The first-order valence-electron chi connectivity index (χ1n) is 6.01. The largest absolute Gasteiger partial charge is 0.471 e. The minimum Gasteiger partial charge on any atom is -0.454 e. The first-order valence-corrected chi connectivity index (χ1v) is 6.01. The number of carbonyl (C=O) groups excluding carboxylic acids is 1. The van der Waals surface area contributed by atoms with Crippen molar-refractivity contribution in [3.63, 3.8) is 0 Å².